The topological polar surface area (TPSA) is 58.2 Å². The average molecular weight is 195 g/mol. The quantitative estimate of drug-likeness (QED) is 0.711. The van der Waals surface area contributed by atoms with Crippen molar-refractivity contribution < 1.29 is 9.53 Å². The molecule has 0 unspecified atom stereocenters. The molecule has 0 radical (unpaired) electrons. The molecule has 0 atom stereocenters. The molecule has 1 amide bonds. The molecule has 2 rings (SSSR count). The number of carbonyl (C=O) groups is 1. The summed E-state index contributed by atoms with van der Waals surface area (Å²) >= 11 is 0. The molecule has 1 fully saturated rings. The SMILES string of the molecule is Cc1[nH]ncc1C(=O)N1CCCOC1. The Labute approximate surface area is 82.0 Å². The zero-order chi connectivity index (χ0) is 9.97. The van der Waals surface area contributed by atoms with Crippen LogP contribution in [0.1, 0.15) is 22.5 Å². The molecule has 2 heterocycles. The molecule has 1 aromatic rings. The minimum atomic E-state index is -0.00375. The van der Waals surface area contributed by atoms with Crippen molar-refractivity contribution in [2.24, 2.45) is 0 Å². The third-order valence-electron chi connectivity index (χ3n) is 2.31. The number of ether oxygens (including phenoxy) is 1. The number of nitrogens with one attached hydrogen (secondary N) is 1. The molecule has 14 heavy (non-hydrogen) atoms. The summed E-state index contributed by atoms with van der Waals surface area (Å²) in [5.74, 6) is -0.00375. The maximum Gasteiger partial charge on any atom is 0.259 e. The summed E-state index contributed by atoms with van der Waals surface area (Å²) in [5.41, 5.74) is 1.44. The van der Waals surface area contributed by atoms with E-state index < -0.39 is 0 Å². The molecular weight excluding hydrogens is 182 g/mol. The van der Waals surface area contributed by atoms with Gasteiger partial charge in [0.25, 0.3) is 5.91 Å². The average Bonchev–Trinajstić information content (AvgIpc) is 2.65. The molecule has 5 heteroatoms. The van der Waals surface area contributed by atoms with Gasteiger partial charge in [-0.25, -0.2) is 0 Å². The van der Waals surface area contributed by atoms with Crippen LogP contribution in [0.4, 0.5) is 0 Å². The fourth-order valence-corrected chi connectivity index (χ4v) is 1.49. The second-order valence-corrected chi connectivity index (χ2v) is 3.37. The van der Waals surface area contributed by atoms with Crippen molar-refractivity contribution in [3.63, 3.8) is 0 Å². The van der Waals surface area contributed by atoms with Crippen molar-refractivity contribution in [1.29, 1.82) is 0 Å². The highest BCUT2D eigenvalue weighted by molar-refractivity contribution is 5.94. The highest BCUT2D eigenvalue weighted by Gasteiger charge is 2.20. The third-order valence-corrected chi connectivity index (χ3v) is 2.31. The lowest BCUT2D eigenvalue weighted by Gasteiger charge is -2.26. The van der Waals surface area contributed by atoms with E-state index in [2.05, 4.69) is 10.2 Å². The van der Waals surface area contributed by atoms with E-state index in [1.165, 1.54) is 0 Å². The van der Waals surface area contributed by atoms with Gasteiger partial charge in [-0.05, 0) is 13.3 Å². The van der Waals surface area contributed by atoms with E-state index >= 15 is 0 Å². The number of hydrogen-bond donors (Lipinski definition) is 1. The van der Waals surface area contributed by atoms with E-state index in [0.717, 1.165) is 25.3 Å². The molecule has 1 N–H and O–H groups in total. The monoisotopic (exact) mass is 195 g/mol. The second-order valence-electron chi connectivity index (χ2n) is 3.37. The number of amides is 1. The van der Waals surface area contributed by atoms with Gasteiger partial charge in [0.1, 0.15) is 6.73 Å². The molecule has 0 aromatic carbocycles. The Morgan fingerprint density at radius 1 is 1.71 bits per heavy atom. The standard InChI is InChI=1S/C9H13N3O2/c1-7-8(5-10-11-7)9(13)12-3-2-4-14-6-12/h5H,2-4,6H2,1H3,(H,10,11). The molecular formula is C9H13N3O2. The van der Waals surface area contributed by atoms with Gasteiger partial charge in [-0.2, -0.15) is 5.10 Å². The fourth-order valence-electron chi connectivity index (χ4n) is 1.49. The number of aromatic amines is 1. The summed E-state index contributed by atoms with van der Waals surface area (Å²) in [4.78, 5) is 13.6. The van der Waals surface area contributed by atoms with E-state index in [1.54, 1.807) is 11.1 Å². The van der Waals surface area contributed by atoms with E-state index in [4.69, 9.17) is 4.74 Å². The number of hydrogen-bond acceptors (Lipinski definition) is 3. The van der Waals surface area contributed by atoms with Crippen LogP contribution >= 0.6 is 0 Å². The Morgan fingerprint density at radius 3 is 3.14 bits per heavy atom. The lowest BCUT2D eigenvalue weighted by Crippen LogP contribution is -2.38. The van der Waals surface area contributed by atoms with Crippen molar-refractivity contribution in [3.05, 3.63) is 17.5 Å². The molecule has 5 nitrogen and oxygen atoms in total. The van der Waals surface area contributed by atoms with Crippen LogP contribution in [0.5, 0.6) is 0 Å². The predicted octanol–water partition coefficient (Wildman–Crippen LogP) is 0.538. The van der Waals surface area contributed by atoms with E-state index in [-0.39, 0.29) is 5.91 Å². The number of nitrogens with zero attached hydrogens (tertiary/aromatic N) is 2. The van der Waals surface area contributed by atoms with Crippen LogP contribution in [-0.4, -0.2) is 40.9 Å². The molecule has 1 aliphatic rings. The maximum absolute atomic E-state index is 11.9. The first-order valence-corrected chi connectivity index (χ1v) is 4.66. The predicted molar refractivity (Wildman–Crippen MR) is 49.8 cm³/mol. The smallest absolute Gasteiger partial charge is 0.259 e. The van der Waals surface area contributed by atoms with Gasteiger partial charge in [0.15, 0.2) is 0 Å². The number of rotatable bonds is 1. The number of aromatic nitrogens is 2. The van der Waals surface area contributed by atoms with Crippen molar-refractivity contribution in [2.75, 3.05) is 19.9 Å². The van der Waals surface area contributed by atoms with Crippen LogP contribution in [0.15, 0.2) is 6.20 Å². The lowest BCUT2D eigenvalue weighted by molar-refractivity contribution is -0.00574. The Morgan fingerprint density at radius 2 is 2.57 bits per heavy atom. The van der Waals surface area contributed by atoms with Gasteiger partial charge in [-0.1, -0.05) is 0 Å². The first-order chi connectivity index (χ1) is 6.79. The summed E-state index contributed by atoms with van der Waals surface area (Å²) in [5, 5.41) is 6.57. The molecule has 0 bridgehead atoms. The summed E-state index contributed by atoms with van der Waals surface area (Å²) < 4.78 is 5.22. The van der Waals surface area contributed by atoms with Crippen molar-refractivity contribution in [1.82, 2.24) is 15.1 Å². The van der Waals surface area contributed by atoms with E-state index in [1.807, 2.05) is 6.92 Å². The van der Waals surface area contributed by atoms with Gasteiger partial charge in [0, 0.05) is 12.2 Å². The molecule has 0 spiro atoms. The molecule has 0 aliphatic carbocycles. The van der Waals surface area contributed by atoms with Crippen LogP contribution in [0.25, 0.3) is 0 Å². The molecule has 1 saturated heterocycles. The minimum Gasteiger partial charge on any atom is -0.361 e. The molecule has 76 valence electrons. The molecule has 1 aliphatic heterocycles. The zero-order valence-electron chi connectivity index (χ0n) is 8.12. The zero-order valence-corrected chi connectivity index (χ0v) is 8.12. The van der Waals surface area contributed by atoms with Crippen LogP contribution < -0.4 is 0 Å². The number of carbonyl (C=O) groups excluding carboxylic acids is 1. The summed E-state index contributed by atoms with van der Waals surface area (Å²) in [6, 6.07) is 0. The van der Waals surface area contributed by atoms with Crippen molar-refractivity contribution in [2.45, 2.75) is 13.3 Å². The second kappa shape index (κ2) is 3.79. The van der Waals surface area contributed by atoms with Crippen molar-refractivity contribution in [3.8, 4) is 0 Å². The summed E-state index contributed by atoms with van der Waals surface area (Å²) in [6.07, 6.45) is 2.47. The molecule has 0 saturated carbocycles. The lowest BCUT2D eigenvalue weighted by atomic mass is 10.2. The fraction of sp³-hybridized carbons (Fsp3) is 0.556. The van der Waals surface area contributed by atoms with E-state index in [9.17, 15) is 4.79 Å². The Balaban J connectivity index is 2.11. The van der Waals surface area contributed by atoms with Gasteiger partial charge in [-0.3, -0.25) is 9.89 Å². The van der Waals surface area contributed by atoms with Crippen LogP contribution in [-0.2, 0) is 4.74 Å². The van der Waals surface area contributed by atoms with Gasteiger partial charge in [0.05, 0.1) is 18.4 Å². The first kappa shape index (κ1) is 9.21. The highest BCUT2D eigenvalue weighted by Crippen LogP contribution is 2.10. The number of H-pyrrole nitrogens is 1. The van der Waals surface area contributed by atoms with E-state index in [0.29, 0.717) is 12.3 Å². The van der Waals surface area contributed by atoms with Gasteiger partial charge < -0.3 is 9.64 Å². The maximum atomic E-state index is 11.9. The Bertz CT molecular complexity index is 329. The highest BCUT2D eigenvalue weighted by atomic mass is 16.5. The normalized spacial score (nSPS) is 17.1. The summed E-state index contributed by atoms with van der Waals surface area (Å²) in [6.45, 7) is 3.74. The molecule has 1 aromatic heterocycles. The Hall–Kier alpha value is -1.36. The first-order valence-electron chi connectivity index (χ1n) is 4.66. The van der Waals surface area contributed by atoms with Crippen molar-refractivity contribution >= 4 is 5.91 Å². The largest absolute Gasteiger partial charge is 0.361 e. The Kier molecular flexibility index (Phi) is 2.49. The van der Waals surface area contributed by atoms with Crippen LogP contribution in [0.3, 0.4) is 0 Å². The summed E-state index contributed by atoms with van der Waals surface area (Å²) in [7, 11) is 0. The van der Waals surface area contributed by atoms with Gasteiger partial charge in [0.2, 0.25) is 0 Å². The van der Waals surface area contributed by atoms with Gasteiger partial charge >= 0.3 is 0 Å². The minimum absolute atomic E-state index is 0.00375. The van der Waals surface area contributed by atoms with Crippen LogP contribution in [0, 0.1) is 6.92 Å². The van der Waals surface area contributed by atoms with Gasteiger partial charge in [-0.15, -0.1) is 0 Å². The third kappa shape index (κ3) is 1.63. The number of aryl methyl sites for hydroxylation is 1. The van der Waals surface area contributed by atoms with Crippen LogP contribution in [0.2, 0.25) is 0 Å².